The van der Waals surface area contributed by atoms with Gasteiger partial charge in [0.1, 0.15) is 5.69 Å². The standard InChI is InChI=1S/C12H5BrF5N3O/c13-5-1-4(2-19-3-5)12(22)21-20-11-9(17)7(15)6(14)8(16)10(11)18/h1-3,20H,(H,21,22). The molecule has 0 spiro atoms. The smallest absolute Gasteiger partial charge is 0.271 e. The van der Waals surface area contributed by atoms with Crippen LogP contribution in [0.1, 0.15) is 10.4 Å². The van der Waals surface area contributed by atoms with Crippen LogP contribution in [0.3, 0.4) is 0 Å². The molecule has 22 heavy (non-hydrogen) atoms. The zero-order valence-corrected chi connectivity index (χ0v) is 11.9. The summed E-state index contributed by atoms with van der Waals surface area (Å²) in [6.45, 7) is 0. The summed E-state index contributed by atoms with van der Waals surface area (Å²) in [5, 5.41) is 0. The Morgan fingerprint density at radius 2 is 1.50 bits per heavy atom. The molecule has 2 aromatic rings. The minimum Gasteiger partial charge on any atom is -0.293 e. The summed E-state index contributed by atoms with van der Waals surface area (Å²) in [6, 6.07) is 1.34. The van der Waals surface area contributed by atoms with Gasteiger partial charge in [-0.3, -0.25) is 20.6 Å². The number of carbonyl (C=O) groups is 1. The highest BCUT2D eigenvalue weighted by Gasteiger charge is 2.26. The summed E-state index contributed by atoms with van der Waals surface area (Å²) in [6.07, 6.45) is 2.52. The van der Waals surface area contributed by atoms with Gasteiger partial charge in [-0.15, -0.1) is 0 Å². The van der Waals surface area contributed by atoms with E-state index in [9.17, 15) is 26.7 Å². The molecule has 0 aliphatic rings. The average molecular weight is 382 g/mol. The zero-order valence-electron chi connectivity index (χ0n) is 10.4. The summed E-state index contributed by atoms with van der Waals surface area (Å²) < 4.78 is 66.0. The molecular weight excluding hydrogens is 377 g/mol. The number of hydrazine groups is 1. The number of aromatic nitrogens is 1. The lowest BCUT2D eigenvalue weighted by Crippen LogP contribution is -2.31. The molecule has 0 fully saturated rings. The highest BCUT2D eigenvalue weighted by Crippen LogP contribution is 2.26. The first-order chi connectivity index (χ1) is 10.3. The predicted molar refractivity (Wildman–Crippen MR) is 69.3 cm³/mol. The van der Waals surface area contributed by atoms with E-state index in [4.69, 9.17) is 0 Å². The van der Waals surface area contributed by atoms with E-state index in [2.05, 4.69) is 20.9 Å². The first-order valence-electron chi connectivity index (χ1n) is 5.51. The number of benzene rings is 1. The number of hydrogen-bond acceptors (Lipinski definition) is 3. The average Bonchev–Trinajstić information content (AvgIpc) is 2.50. The maximum Gasteiger partial charge on any atom is 0.271 e. The third-order valence-corrected chi connectivity index (χ3v) is 2.91. The molecule has 10 heteroatoms. The number of amides is 1. The van der Waals surface area contributed by atoms with E-state index in [-0.39, 0.29) is 5.56 Å². The van der Waals surface area contributed by atoms with Crippen molar-refractivity contribution in [3.05, 3.63) is 57.6 Å². The van der Waals surface area contributed by atoms with Crippen molar-refractivity contribution in [2.75, 3.05) is 5.43 Å². The molecular formula is C12H5BrF5N3O. The van der Waals surface area contributed by atoms with E-state index in [1.807, 2.05) is 5.43 Å². The van der Waals surface area contributed by atoms with E-state index in [0.29, 0.717) is 4.47 Å². The number of pyridine rings is 1. The second-order valence-electron chi connectivity index (χ2n) is 3.92. The van der Waals surface area contributed by atoms with Crippen molar-refractivity contribution in [3.8, 4) is 0 Å². The lowest BCUT2D eigenvalue weighted by atomic mass is 10.2. The van der Waals surface area contributed by atoms with Crippen LogP contribution in [0.25, 0.3) is 0 Å². The second-order valence-corrected chi connectivity index (χ2v) is 4.83. The third kappa shape index (κ3) is 3.01. The highest BCUT2D eigenvalue weighted by molar-refractivity contribution is 9.10. The van der Waals surface area contributed by atoms with Gasteiger partial charge in [-0.2, -0.15) is 0 Å². The normalized spacial score (nSPS) is 10.5. The predicted octanol–water partition coefficient (Wildman–Crippen LogP) is 3.30. The first-order valence-corrected chi connectivity index (χ1v) is 6.30. The Hall–Kier alpha value is -2.23. The van der Waals surface area contributed by atoms with Crippen LogP contribution >= 0.6 is 15.9 Å². The zero-order chi connectivity index (χ0) is 16.4. The Balaban J connectivity index is 2.24. The molecule has 4 nitrogen and oxygen atoms in total. The number of halogens is 6. The van der Waals surface area contributed by atoms with Crippen LogP contribution in [0.5, 0.6) is 0 Å². The van der Waals surface area contributed by atoms with Crippen molar-refractivity contribution in [2.45, 2.75) is 0 Å². The topological polar surface area (TPSA) is 54.0 Å². The highest BCUT2D eigenvalue weighted by atomic mass is 79.9. The van der Waals surface area contributed by atoms with Crippen molar-refractivity contribution >= 4 is 27.5 Å². The Morgan fingerprint density at radius 1 is 0.955 bits per heavy atom. The van der Waals surface area contributed by atoms with E-state index in [1.165, 1.54) is 12.3 Å². The number of hydrogen-bond donors (Lipinski definition) is 2. The minimum atomic E-state index is -2.29. The third-order valence-electron chi connectivity index (χ3n) is 2.48. The lowest BCUT2D eigenvalue weighted by molar-refractivity contribution is 0.0962. The molecule has 2 N–H and O–H groups in total. The van der Waals surface area contributed by atoms with Crippen molar-refractivity contribution < 1.29 is 26.7 Å². The molecule has 0 aliphatic heterocycles. The van der Waals surface area contributed by atoms with Gasteiger partial charge in [0.15, 0.2) is 23.3 Å². The quantitative estimate of drug-likeness (QED) is 0.371. The molecule has 2 rings (SSSR count). The van der Waals surface area contributed by atoms with E-state index < -0.39 is 40.7 Å². The Morgan fingerprint density at radius 3 is 2.05 bits per heavy atom. The van der Waals surface area contributed by atoms with Gasteiger partial charge in [0.05, 0.1) is 5.56 Å². The Kier molecular flexibility index (Phi) is 4.59. The van der Waals surface area contributed by atoms with Gasteiger partial charge >= 0.3 is 0 Å². The van der Waals surface area contributed by atoms with E-state index in [1.54, 1.807) is 5.43 Å². The molecule has 0 saturated heterocycles. The summed E-state index contributed by atoms with van der Waals surface area (Å²) in [4.78, 5) is 15.4. The molecule has 1 amide bonds. The maximum atomic E-state index is 13.4. The maximum absolute atomic E-state index is 13.4. The summed E-state index contributed by atoms with van der Waals surface area (Å²) >= 11 is 3.05. The minimum absolute atomic E-state index is 0.00857. The molecule has 0 radical (unpaired) electrons. The van der Waals surface area contributed by atoms with Crippen LogP contribution in [-0.2, 0) is 0 Å². The molecule has 1 aromatic carbocycles. The monoisotopic (exact) mass is 381 g/mol. The summed E-state index contributed by atoms with van der Waals surface area (Å²) in [5.74, 6) is -11.6. The fourth-order valence-corrected chi connectivity index (χ4v) is 1.81. The molecule has 0 bridgehead atoms. The number of carbonyl (C=O) groups excluding carboxylic acids is 1. The molecule has 1 aromatic heterocycles. The fourth-order valence-electron chi connectivity index (χ4n) is 1.44. The summed E-state index contributed by atoms with van der Waals surface area (Å²) in [7, 11) is 0. The Bertz CT molecular complexity index is 727. The van der Waals surface area contributed by atoms with E-state index >= 15 is 0 Å². The fraction of sp³-hybridized carbons (Fsp3) is 0. The molecule has 116 valence electrons. The number of nitrogens with one attached hydrogen (secondary N) is 2. The largest absolute Gasteiger partial charge is 0.293 e. The van der Waals surface area contributed by atoms with Crippen LogP contribution < -0.4 is 10.9 Å². The molecule has 0 unspecified atom stereocenters. The number of anilines is 1. The van der Waals surface area contributed by atoms with Crippen LogP contribution in [0, 0.1) is 29.1 Å². The lowest BCUT2D eigenvalue weighted by Gasteiger charge is -2.11. The van der Waals surface area contributed by atoms with Crippen molar-refractivity contribution in [2.24, 2.45) is 0 Å². The van der Waals surface area contributed by atoms with Crippen LogP contribution in [0.2, 0.25) is 0 Å². The van der Waals surface area contributed by atoms with Gasteiger partial charge < -0.3 is 0 Å². The SMILES string of the molecule is O=C(NNc1c(F)c(F)c(F)c(F)c1F)c1cncc(Br)c1. The van der Waals surface area contributed by atoms with Crippen LogP contribution in [0.4, 0.5) is 27.6 Å². The number of nitrogens with zero attached hydrogens (tertiary/aromatic N) is 1. The van der Waals surface area contributed by atoms with Crippen molar-refractivity contribution in [1.82, 2.24) is 10.4 Å². The van der Waals surface area contributed by atoms with Crippen molar-refractivity contribution in [1.29, 1.82) is 0 Å². The molecule has 0 aliphatic carbocycles. The van der Waals surface area contributed by atoms with E-state index in [0.717, 1.165) is 6.20 Å². The molecule has 1 heterocycles. The van der Waals surface area contributed by atoms with Gasteiger partial charge in [-0.1, -0.05) is 0 Å². The summed E-state index contributed by atoms with van der Waals surface area (Å²) in [5.41, 5.74) is 2.10. The first kappa shape index (κ1) is 16.1. The molecule has 0 atom stereocenters. The number of rotatable bonds is 3. The second kappa shape index (κ2) is 6.26. The molecule has 0 saturated carbocycles. The van der Waals surface area contributed by atoms with Gasteiger partial charge in [0.25, 0.3) is 5.91 Å². The van der Waals surface area contributed by atoms with Gasteiger partial charge in [-0.05, 0) is 22.0 Å². The van der Waals surface area contributed by atoms with Gasteiger partial charge in [0.2, 0.25) is 5.82 Å². The van der Waals surface area contributed by atoms with Gasteiger partial charge in [-0.25, -0.2) is 22.0 Å². The van der Waals surface area contributed by atoms with Crippen molar-refractivity contribution in [3.63, 3.8) is 0 Å². The Labute approximate surface area is 128 Å². The van der Waals surface area contributed by atoms with Crippen LogP contribution in [0.15, 0.2) is 22.9 Å². The van der Waals surface area contributed by atoms with Crippen LogP contribution in [-0.4, -0.2) is 10.9 Å². The van der Waals surface area contributed by atoms with Gasteiger partial charge in [0, 0.05) is 16.9 Å².